The van der Waals surface area contributed by atoms with E-state index in [4.69, 9.17) is 4.74 Å². The number of hydrogen-bond donors (Lipinski definition) is 1. The van der Waals surface area contributed by atoms with E-state index in [1.54, 1.807) is 30.3 Å². The monoisotopic (exact) mass is 234 g/mol. The van der Waals surface area contributed by atoms with Crippen LogP contribution < -0.4 is 10.1 Å². The molecule has 1 N–H and O–H groups in total. The minimum absolute atomic E-state index is 0.315. The minimum Gasteiger partial charge on any atom is -0.463 e. The average Bonchev–Trinajstić information content (AvgIpc) is 2.89. The summed E-state index contributed by atoms with van der Waals surface area (Å²) in [6, 6.07) is 0.315. The summed E-state index contributed by atoms with van der Waals surface area (Å²) < 4.78 is 7.10. The molecule has 7 nitrogen and oxygen atoms in total. The van der Waals surface area contributed by atoms with Crippen molar-refractivity contribution in [3.05, 3.63) is 18.7 Å². The van der Waals surface area contributed by atoms with Crippen molar-refractivity contribution in [2.75, 3.05) is 19.0 Å². The first-order chi connectivity index (χ1) is 8.33. The Morgan fingerprint density at radius 1 is 1.35 bits per heavy atom. The van der Waals surface area contributed by atoms with E-state index in [1.165, 1.54) is 0 Å². The van der Waals surface area contributed by atoms with Gasteiger partial charge in [-0.1, -0.05) is 6.92 Å². The van der Waals surface area contributed by atoms with Gasteiger partial charge in [0.25, 0.3) is 0 Å². The standard InChI is InChI=1S/C10H14N6O/c1-3-6-17-10-14-8(11-2)13-9(15-10)16-5-4-12-7-16/h4-5,7H,3,6H2,1-2H3,(H,11,13,14,15). The maximum absolute atomic E-state index is 5.40. The van der Waals surface area contributed by atoms with Crippen molar-refractivity contribution in [1.82, 2.24) is 24.5 Å². The molecule has 0 aromatic carbocycles. The first-order valence-electron chi connectivity index (χ1n) is 5.38. The van der Waals surface area contributed by atoms with Crippen LogP contribution in [0.3, 0.4) is 0 Å². The first-order valence-corrected chi connectivity index (χ1v) is 5.38. The van der Waals surface area contributed by atoms with Crippen molar-refractivity contribution in [2.45, 2.75) is 13.3 Å². The predicted molar refractivity (Wildman–Crippen MR) is 62.3 cm³/mol. The summed E-state index contributed by atoms with van der Waals surface area (Å²) in [5.74, 6) is 0.947. The fourth-order valence-electron chi connectivity index (χ4n) is 1.21. The molecule has 0 saturated heterocycles. The van der Waals surface area contributed by atoms with Crippen molar-refractivity contribution in [1.29, 1.82) is 0 Å². The van der Waals surface area contributed by atoms with Crippen molar-refractivity contribution < 1.29 is 4.74 Å². The Kier molecular flexibility index (Phi) is 3.49. The molecular weight excluding hydrogens is 220 g/mol. The van der Waals surface area contributed by atoms with Gasteiger partial charge in [0.2, 0.25) is 11.9 Å². The van der Waals surface area contributed by atoms with Crippen LogP contribution in [-0.2, 0) is 0 Å². The lowest BCUT2D eigenvalue weighted by Gasteiger charge is -2.07. The Morgan fingerprint density at radius 3 is 2.88 bits per heavy atom. The molecule has 17 heavy (non-hydrogen) atoms. The van der Waals surface area contributed by atoms with Crippen LogP contribution in [0.5, 0.6) is 6.01 Å². The Morgan fingerprint density at radius 2 is 2.24 bits per heavy atom. The number of nitrogens with zero attached hydrogens (tertiary/aromatic N) is 5. The van der Waals surface area contributed by atoms with E-state index in [9.17, 15) is 0 Å². The van der Waals surface area contributed by atoms with Gasteiger partial charge < -0.3 is 10.1 Å². The molecule has 0 spiro atoms. The number of anilines is 1. The summed E-state index contributed by atoms with van der Waals surface area (Å²) in [6.45, 7) is 2.60. The normalized spacial score (nSPS) is 10.2. The zero-order valence-corrected chi connectivity index (χ0v) is 9.79. The van der Waals surface area contributed by atoms with Crippen molar-refractivity contribution >= 4 is 5.95 Å². The maximum atomic E-state index is 5.40. The summed E-state index contributed by atoms with van der Waals surface area (Å²) >= 11 is 0. The Balaban J connectivity index is 2.32. The van der Waals surface area contributed by atoms with Crippen LogP contribution in [0.1, 0.15) is 13.3 Å². The van der Waals surface area contributed by atoms with Crippen molar-refractivity contribution in [3.8, 4) is 12.0 Å². The zero-order valence-electron chi connectivity index (χ0n) is 9.79. The van der Waals surface area contributed by atoms with Gasteiger partial charge in [0.05, 0.1) is 6.61 Å². The molecule has 0 bridgehead atoms. The number of rotatable bonds is 5. The topological polar surface area (TPSA) is 77.8 Å². The quantitative estimate of drug-likeness (QED) is 0.827. The van der Waals surface area contributed by atoms with Gasteiger partial charge in [-0.25, -0.2) is 4.98 Å². The zero-order chi connectivity index (χ0) is 12.1. The Bertz CT molecular complexity index is 470. The maximum Gasteiger partial charge on any atom is 0.323 e. The highest BCUT2D eigenvalue weighted by molar-refractivity contribution is 5.29. The van der Waals surface area contributed by atoms with E-state index in [0.29, 0.717) is 24.5 Å². The minimum atomic E-state index is 0.315. The average molecular weight is 234 g/mol. The largest absolute Gasteiger partial charge is 0.463 e. The molecule has 2 heterocycles. The lowest BCUT2D eigenvalue weighted by Crippen LogP contribution is -2.08. The lowest BCUT2D eigenvalue weighted by molar-refractivity contribution is 0.291. The van der Waals surface area contributed by atoms with Crippen LogP contribution >= 0.6 is 0 Å². The molecule has 0 fully saturated rings. The summed E-state index contributed by atoms with van der Waals surface area (Å²) in [6.07, 6.45) is 5.95. The van der Waals surface area contributed by atoms with Gasteiger partial charge in [0.1, 0.15) is 6.33 Å². The molecular formula is C10H14N6O. The second kappa shape index (κ2) is 5.24. The lowest BCUT2D eigenvalue weighted by atomic mass is 10.5. The van der Waals surface area contributed by atoms with E-state index in [1.807, 2.05) is 6.92 Å². The SMILES string of the molecule is CCCOc1nc(NC)nc(-n2ccnc2)n1. The molecule has 0 radical (unpaired) electrons. The molecule has 0 unspecified atom stereocenters. The van der Waals surface area contributed by atoms with Crippen LogP contribution in [0.15, 0.2) is 18.7 Å². The van der Waals surface area contributed by atoms with Gasteiger partial charge in [0, 0.05) is 19.4 Å². The fourth-order valence-corrected chi connectivity index (χ4v) is 1.21. The first kappa shape index (κ1) is 11.3. The third-order valence-corrected chi connectivity index (χ3v) is 2.00. The van der Waals surface area contributed by atoms with E-state index in [2.05, 4.69) is 25.3 Å². The smallest absolute Gasteiger partial charge is 0.323 e. The molecule has 0 aliphatic carbocycles. The van der Waals surface area contributed by atoms with Crippen LogP contribution in [-0.4, -0.2) is 38.2 Å². The second-order valence-electron chi connectivity index (χ2n) is 3.31. The summed E-state index contributed by atoms with van der Waals surface area (Å²) in [7, 11) is 1.75. The molecule has 0 atom stereocenters. The van der Waals surface area contributed by atoms with Crippen LogP contribution in [0, 0.1) is 0 Å². The molecule has 2 aromatic heterocycles. The van der Waals surface area contributed by atoms with Gasteiger partial charge in [-0.3, -0.25) is 4.57 Å². The molecule has 0 aliphatic rings. The number of nitrogens with one attached hydrogen (secondary N) is 1. The highest BCUT2D eigenvalue weighted by Gasteiger charge is 2.07. The van der Waals surface area contributed by atoms with Gasteiger partial charge >= 0.3 is 6.01 Å². The molecule has 0 amide bonds. The highest BCUT2D eigenvalue weighted by atomic mass is 16.5. The van der Waals surface area contributed by atoms with Gasteiger partial charge in [-0.05, 0) is 6.42 Å². The van der Waals surface area contributed by atoms with E-state index in [-0.39, 0.29) is 0 Å². The van der Waals surface area contributed by atoms with Crippen molar-refractivity contribution in [2.24, 2.45) is 0 Å². The highest BCUT2D eigenvalue weighted by Crippen LogP contribution is 2.10. The molecule has 2 aromatic rings. The molecule has 0 saturated carbocycles. The third kappa shape index (κ3) is 2.68. The number of aromatic nitrogens is 5. The van der Waals surface area contributed by atoms with Gasteiger partial charge in [-0.2, -0.15) is 15.0 Å². The predicted octanol–water partition coefficient (Wildman–Crippen LogP) is 0.888. The molecule has 0 aliphatic heterocycles. The van der Waals surface area contributed by atoms with Crippen molar-refractivity contribution in [3.63, 3.8) is 0 Å². The Hall–Kier alpha value is -2.18. The van der Waals surface area contributed by atoms with Crippen LogP contribution in [0.2, 0.25) is 0 Å². The molecule has 90 valence electrons. The van der Waals surface area contributed by atoms with E-state index >= 15 is 0 Å². The summed E-state index contributed by atoms with van der Waals surface area (Å²) in [5, 5.41) is 2.87. The summed E-state index contributed by atoms with van der Waals surface area (Å²) in [5.41, 5.74) is 0. The van der Waals surface area contributed by atoms with Crippen LogP contribution in [0.4, 0.5) is 5.95 Å². The van der Waals surface area contributed by atoms with E-state index in [0.717, 1.165) is 6.42 Å². The summed E-state index contributed by atoms with van der Waals surface area (Å²) in [4.78, 5) is 16.5. The van der Waals surface area contributed by atoms with E-state index < -0.39 is 0 Å². The van der Waals surface area contributed by atoms with Gasteiger partial charge in [0.15, 0.2) is 0 Å². The number of ether oxygens (including phenoxy) is 1. The fraction of sp³-hybridized carbons (Fsp3) is 0.400. The third-order valence-electron chi connectivity index (χ3n) is 2.00. The van der Waals surface area contributed by atoms with Crippen LogP contribution in [0.25, 0.3) is 5.95 Å². The Labute approximate surface area is 98.9 Å². The number of imidazole rings is 1. The second-order valence-corrected chi connectivity index (χ2v) is 3.31. The molecule has 7 heteroatoms. The van der Waals surface area contributed by atoms with Gasteiger partial charge in [-0.15, -0.1) is 0 Å². The molecule has 2 rings (SSSR count). The number of hydrogen-bond acceptors (Lipinski definition) is 6.